The van der Waals surface area contributed by atoms with E-state index >= 15 is 0 Å². The van der Waals surface area contributed by atoms with Crippen LogP contribution in [0.4, 0.5) is 4.79 Å². The Balaban J connectivity index is 1.63. The Labute approximate surface area is 189 Å². The standard InChI is InChI=1S/C23H32ClN3O4/c1-23(2,3)31-22(30)25-13-10-20(28)26-16-17-11-14-27(15-12-17)21(29)9-8-18-6-4-5-7-19(18)24/h4-9,17H,10-16H2,1-3H3,(H,25,30)(H,26,28)/b9-8+. The Morgan fingerprint density at radius 1 is 1.16 bits per heavy atom. The van der Waals surface area contributed by atoms with Gasteiger partial charge in [-0.15, -0.1) is 0 Å². The van der Waals surface area contributed by atoms with E-state index in [-0.39, 0.29) is 24.8 Å². The predicted molar refractivity (Wildman–Crippen MR) is 122 cm³/mol. The summed E-state index contributed by atoms with van der Waals surface area (Å²) in [6.45, 7) is 7.47. The summed E-state index contributed by atoms with van der Waals surface area (Å²) >= 11 is 6.11. The molecule has 7 nitrogen and oxygen atoms in total. The molecule has 0 saturated carbocycles. The highest BCUT2D eigenvalue weighted by Crippen LogP contribution is 2.19. The molecule has 170 valence electrons. The number of hydrogen-bond acceptors (Lipinski definition) is 4. The van der Waals surface area contributed by atoms with Gasteiger partial charge in [-0.1, -0.05) is 29.8 Å². The molecule has 1 heterocycles. The first kappa shape index (κ1) is 24.7. The number of rotatable bonds is 7. The van der Waals surface area contributed by atoms with Gasteiger partial charge in [0.1, 0.15) is 5.60 Å². The Morgan fingerprint density at radius 2 is 1.84 bits per heavy atom. The lowest BCUT2D eigenvalue weighted by Crippen LogP contribution is -2.41. The molecule has 0 unspecified atom stereocenters. The average molecular weight is 450 g/mol. The number of hydrogen-bond donors (Lipinski definition) is 2. The molecule has 1 fully saturated rings. The first-order valence-electron chi connectivity index (χ1n) is 10.6. The Morgan fingerprint density at radius 3 is 2.48 bits per heavy atom. The van der Waals surface area contributed by atoms with Crippen molar-refractivity contribution in [1.29, 1.82) is 0 Å². The second kappa shape index (κ2) is 11.7. The lowest BCUT2D eigenvalue weighted by atomic mass is 9.96. The van der Waals surface area contributed by atoms with Crippen molar-refractivity contribution in [3.63, 3.8) is 0 Å². The largest absolute Gasteiger partial charge is 0.444 e. The molecule has 2 rings (SSSR count). The molecule has 8 heteroatoms. The van der Waals surface area contributed by atoms with Gasteiger partial charge in [0.05, 0.1) is 0 Å². The van der Waals surface area contributed by atoms with Crippen LogP contribution in [0.3, 0.4) is 0 Å². The van der Waals surface area contributed by atoms with Crippen LogP contribution >= 0.6 is 11.6 Å². The number of ether oxygens (including phenoxy) is 1. The molecular formula is C23H32ClN3O4. The van der Waals surface area contributed by atoms with Gasteiger partial charge in [0, 0.05) is 43.7 Å². The normalized spacial score (nSPS) is 15.0. The number of alkyl carbamates (subject to hydrolysis) is 1. The van der Waals surface area contributed by atoms with Gasteiger partial charge in [-0.05, 0) is 57.2 Å². The molecule has 1 aliphatic rings. The van der Waals surface area contributed by atoms with E-state index < -0.39 is 11.7 Å². The highest BCUT2D eigenvalue weighted by Gasteiger charge is 2.22. The van der Waals surface area contributed by atoms with Crippen molar-refractivity contribution >= 4 is 35.6 Å². The number of benzene rings is 1. The zero-order valence-electron chi connectivity index (χ0n) is 18.4. The molecule has 1 aromatic carbocycles. The Hall–Kier alpha value is -2.54. The summed E-state index contributed by atoms with van der Waals surface area (Å²) < 4.78 is 5.13. The molecule has 0 aromatic heterocycles. The monoisotopic (exact) mass is 449 g/mol. The highest BCUT2D eigenvalue weighted by atomic mass is 35.5. The number of likely N-dealkylation sites (tertiary alicyclic amines) is 1. The van der Waals surface area contributed by atoms with Crippen molar-refractivity contribution in [1.82, 2.24) is 15.5 Å². The molecule has 1 saturated heterocycles. The first-order valence-corrected chi connectivity index (χ1v) is 11.0. The maximum Gasteiger partial charge on any atom is 0.407 e. The quantitative estimate of drug-likeness (QED) is 0.622. The molecular weight excluding hydrogens is 418 g/mol. The Kier molecular flexibility index (Phi) is 9.37. The topological polar surface area (TPSA) is 87.7 Å². The van der Waals surface area contributed by atoms with Crippen LogP contribution in [-0.2, 0) is 14.3 Å². The minimum Gasteiger partial charge on any atom is -0.444 e. The average Bonchev–Trinajstić information content (AvgIpc) is 2.70. The molecule has 0 atom stereocenters. The number of nitrogens with zero attached hydrogens (tertiary/aromatic N) is 1. The van der Waals surface area contributed by atoms with Crippen LogP contribution in [-0.4, -0.2) is 54.6 Å². The van der Waals surface area contributed by atoms with Crippen LogP contribution < -0.4 is 10.6 Å². The third kappa shape index (κ3) is 9.42. The molecule has 0 spiro atoms. The number of amides is 3. The van der Waals surface area contributed by atoms with Gasteiger partial charge in [-0.3, -0.25) is 9.59 Å². The third-order valence-corrected chi connectivity index (χ3v) is 5.19. The zero-order chi connectivity index (χ0) is 22.9. The van der Waals surface area contributed by atoms with E-state index in [4.69, 9.17) is 16.3 Å². The van der Waals surface area contributed by atoms with Crippen LogP contribution in [0, 0.1) is 5.92 Å². The smallest absolute Gasteiger partial charge is 0.407 e. The highest BCUT2D eigenvalue weighted by molar-refractivity contribution is 6.32. The van der Waals surface area contributed by atoms with Gasteiger partial charge < -0.3 is 20.3 Å². The number of carbonyl (C=O) groups excluding carboxylic acids is 3. The fraction of sp³-hybridized carbons (Fsp3) is 0.522. The van der Waals surface area contributed by atoms with Gasteiger partial charge in [0.15, 0.2) is 0 Å². The number of halogens is 1. The van der Waals surface area contributed by atoms with Crippen molar-refractivity contribution in [3.8, 4) is 0 Å². The van der Waals surface area contributed by atoms with E-state index in [1.807, 2.05) is 23.1 Å². The SMILES string of the molecule is CC(C)(C)OC(=O)NCCC(=O)NCC1CCN(C(=O)/C=C/c2ccccc2Cl)CC1. The van der Waals surface area contributed by atoms with E-state index in [1.165, 1.54) is 0 Å². The van der Waals surface area contributed by atoms with E-state index in [9.17, 15) is 14.4 Å². The van der Waals surface area contributed by atoms with Gasteiger partial charge in [-0.25, -0.2) is 4.79 Å². The van der Waals surface area contributed by atoms with Crippen LogP contribution in [0.5, 0.6) is 0 Å². The maximum absolute atomic E-state index is 12.4. The van der Waals surface area contributed by atoms with Gasteiger partial charge >= 0.3 is 6.09 Å². The summed E-state index contributed by atoms with van der Waals surface area (Å²) in [7, 11) is 0. The van der Waals surface area contributed by atoms with Crippen LogP contribution in [0.15, 0.2) is 30.3 Å². The number of nitrogens with one attached hydrogen (secondary N) is 2. The van der Waals surface area contributed by atoms with Crippen molar-refractivity contribution in [2.45, 2.75) is 45.6 Å². The molecule has 1 aromatic rings. The summed E-state index contributed by atoms with van der Waals surface area (Å²) in [4.78, 5) is 37.8. The Bertz CT molecular complexity index is 796. The number of piperidine rings is 1. The second-order valence-corrected chi connectivity index (χ2v) is 9.01. The van der Waals surface area contributed by atoms with Crippen LogP contribution in [0.2, 0.25) is 5.02 Å². The fourth-order valence-electron chi connectivity index (χ4n) is 3.17. The lowest BCUT2D eigenvalue weighted by molar-refractivity contribution is -0.127. The van der Waals surface area contributed by atoms with Crippen molar-refractivity contribution in [2.75, 3.05) is 26.2 Å². The lowest BCUT2D eigenvalue weighted by Gasteiger charge is -2.31. The van der Waals surface area contributed by atoms with Gasteiger partial charge in [-0.2, -0.15) is 0 Å². The molecule has 0 aliphatic carbocycles. The molecule has 2 N–H and O–H groups in total. The molecule has 3 amide bonds. The fourth-order valence-corrected chi connectivity index (χ4v) is 3.37. The van der Waals surface area contributed by atoms with E-state index in [2.05, 4.69) is 10.6 Å². The third-order valence-electron chi connectivity index (χ3n) is 4.85. The second-order valence-electron chi connectivity index (χ2n) is 8.61. The van der Waals surface area contributed by atoms with Crippen molar-refractivity contribution in [2.24, 2.45) is 5.92 Å². The molecule has 0 radical (unpaired) electrons. The van der Waals surface area contributed by atoms with Gasteiger partial charge in [0.25, 0.3) is 0 Å². The minimum atomic E-state index is -0.563. The molecule has 31 heavy (non-hydrogen) atoms. The minimum absolute atomic E-state index is 0.0318. The first-order chi connectivity index (χ1) is 14.6. The molecule has 0 bridgehead atoms. The summed E-state index contributed by atoms with van der Waals surface area (Å²) in [5.74, 6) is 0.187. The number of carbonyl (C=O) groups is 3. The summed E-state index contributed by atoms with van der Waals surface area (Å²) in [6.07, 6.45) is 4.64. The van der Waals surface area contributed by atoms with Crippen LogP contribution in [0.25, 0.3) is 6.08 Å². The zero-order valence-corrected chi connectivity index (χ0v) is 19.2. The van der Waals surface area contributed by atoms with Crippen molar-refractivity contribution < 1.29 is 19.1 Å². The van der Waals surface area contributed by atoms with Gasteiger partial charge in [0.2, 0.25) is 11.8 Å². The van der Waals surface area contributed by atoms with E-state index in [1.54, 1.807) is 39.0 Å². The predicted octanol–water partition coefficient (Wildman–Crippen LogP) is 3.62. The summed E-state index contributed by atoms with van der Waals surface area (Å²) in [5, 5.41) is 6.09. The molecule has 1 aliphatic heterocycles. The van der Waals surface area contributed by atoms with Crippen molar-refractivity contribution in [3.05, 3.63) is 40.9 Å². The maximum atomic E-state index is 12.4. The summed E-state index contributed by atoms with van der Waals surface area (Å²) in [5.41, 5.74) is 0.253. The van der Waals surface area contributed by atoms with E-state index in [0.717, 1.165) is 18.4 Å². The summed E-state index contributed by atoms with van der Waals surface area (Å²) in [6, 6.07) is 7.38. The van der Waals surface area contributed by atoms with E-state index in [0.29, 0.717) is 30.6 Å². The van der Waals surface area contributed by atoms with Crippen LogP contribution in [0.1, 0.15) is 45.6 Å².